The maximum absolute atomic E-state index is 11.8. The van der Waals surface area contributed by atoms with E-state index in [1.165, 1.54) is 0 Å². The molecule has 0 aromatic heterocycles. The predicted molar refractivity (Wildman–Crippen MR) is 73.4 cm³/mol. The summed E-state index contributed by atoms with van der Waals surface area (Å²) in [5.41, 5.74) is 0.601. The molecule has 0 aliphatic carbocycles. The Kier molecular flexibility index (Phi) is 4.66. The van der Waals surface area contributed by atoms with Crippen LogP contribution in [0.15, 0.2) is 18.2 Å². The van der Waals surface area contributed by atoms with Crippen LogP contribution in [0.25, 0.3) is 0 Å². The molecule has 0 saturated carbocycles. The number of aliphatic hydroxyl groups excluding tert-OH is 1. The van der Waals surface area contributed by atoms with Gasteiger partial charge in [-0.2, -0.15) is 0 Å². The number of nitrogens with one attached hydrogen (secondary N) is 1. The van der Waals surface area contributed by atoms with Crippen LogP contribution >= 0.6 is 11.6 Å². The van der Waals surface area contributed by atoms with Gasteiger partial charge in [0, 0.05) is 17.1 Å². The van der Waals surface area contributed by atoms with Crippen LogP contribution in [0.4, 0.5) is 0 Å². The number of carbonyl (C=O) groups is 1. The first-order valence-corrected chi connectivity index (χ1v) is 6.87. The maximum Gasteiger partial charge on any atom is 0.261 e. The molecule has 1 unspecified atom stereocenters. The van der Waals surface area contributed by atoms with Crippen molar-refractivity contribution in [3.05, 3.63) is 28.8 Å². The molecule has 104 valence electrons. The summed E-state index contributed by atoms with van der Waals surface area (Å²) in [6.45, 7) is 2.34. The third kappa shape index (κ3) is 3.61. The van der Waals surface area contributed by atoms with Crippen LogP contribution in [0.1, 0.15) is 37.9 Å². The zero-order chi connectivity index (χ0) is 13.8. The van der Waals surface area contributed by atoms with Gasteiger partial charge in [-0.25, -0.2) is 0 Å². The Hall–Kier alpha value is -1.26. The first-order valence-electron chi connectivity index (χ1n) is 6.50. The highest BCUT2D eigenvalue weighted by Crippen LogP contribution is 2.29. The minimum absolute atomic E-state index is 0.0935. The zero-order valence-electron chi connectivity index (χ0n) is 10.9. The lowest BCUT2D eigenvalue weighted by Gasteiger charge is -2.19. The van der Waals surface area contributed by atoms with Gasteiger partial charge in [-0.3, -0.25) is 4.79 Å². The normalized spacial score (nSPS) is 21.4. The quantitative estimate of drug-likeness (QED) is 0.896. The lowest BCUT2D eigenvalue weighted by Crippen LogP contribution is -2.36. The van der Waals surface area contributed by atoms with Crippen LogP contribution in [0.5, 0.6) is 5.75 Å². The fourth-order valence-corrected chi connectivity index (χ4v) is 2.31. The van der Waals surface area contributed by atoms with E-state index in [0.717, 1.165) is 12.8 Å². The Labute approximate surface area is 117 Å². The van der Waals surface area contributed by atoms with Gasteiger partial charge in [-0.05, 0) is 44.4 Å². The molecule has 19 heavy (non-hydrogen) atoms. The standard InChI is InChI=1S/C14H18ClNO3/c1-9(17)11-8-10(15)5-6-12(11)19-13-4-2-3-7-16-14(13)18/h5-6,8-9,13,17H,2-4,7H2,1H3,(H,16,18)/t9-,13?/m0/s1. The van der Waals surface area contributed by atoms with E-state index in [0.29, 0.717) is 29.3 Å². The Bertz CT molecular complexity index is 462. The molecular formula is C14H18ClNO3. The molecule has 2 N–H and O–H groups in total. The van der Waals surface area contributed by atoms with Crippen molar-refractivity contribution >= 4 is 17.5 Å². The molecule has 2 atom stereocenters. The third-order valence-corrected chi connectivity index (χ3v) is 3.41. The average Bonchev–Trinajstić information content (AvgIpc) is 2.57. The number of aliphatic hydroxyl groups is 1. The monoisotopic (exact) mass is 283 g/mol. The van der Waals surface area contributed by atoms with Crippen molar-refractivity contribution in [2.75, 3.05) is 6.54 Å². The first-order chi connectivity index (χ1) is 9.08. The van der Waals surface area contributed by atoms with Gasteiger partial charge >= 0.3 is 0 Å². The van der Waals surface area contributed by atoms with E-state index in [1.54, 1.807) is 25.1 Å². The minimum Gasteiger partial charge on any atom is -0.480 e. The Morgan fingerprint density at radius 1 is 1.47 bits per heavy atom. The van der Waals surface area contributed by atoms with Gasteiger partial charge in [0.05, 0.1) is 6.10 Å². The first kappa shape index (κ1) is 14.2. The Morgan fingerprint density at radius 3 is 3.00 bits per heavy atom. The van der Waals surface area contributed by atoms with Crippen molar-refractivity contribution in [2.24, 2.45) is 0 Å². The van der Waals surface area contributed by atoms with Gasteiger partial charge in [0.1, 0.15) is 5.75 Å². The molecule has 5 heteroatoms. The van der Waals surface area contributed by atoms with Crippen LogP contribution in [-0.2, 0) is 4.79 Å². The molecular weight excluding hydrogens is 266 g/mol. The molecule has 1 amide bonds. The Balaban J connectivity index is 2.19. The number of benzene rings is 1. The van der Waals surface area contributed by atoms with Crippen LogP contribution in [-0.4, -0.2) is 23.7 Å². The van der Waals surface area contributed by atoms with Crippen LogP contribution in [0, 0.1) is 0 Å². The Morgan fingerprint density at radius 2 is 2.26 bits per heavy atom. The number of rotatable bonds is 3. The number of hydrogen-bond donors (Lipinski definition) is 2. The summed E-state index contributed by atoms with van der Waals surface area (Å²) >= 11 is 5.91. The fraction of sp³-hybridized carbons (Fsp3) is 0.500. The van der Waals surface area contributed by atoms with E-state index in [1.807, 2.05) is 0 Å². The second-order valence-corrected chi connectivity index (χ2v) is 5.19. The second-order valence-electron chi connectivity index (χ2n) is 4.75. The predicted octanol–water partition coefficient (Wildman–Crippen LogP) is 2.44. The number of amides is 1. The average molecular weight is 284 g/mol. The largest absolute Gasteiger partial charge is 0.480 e. The van der Waals surface area contributed by atoms with Crippen LogP contribution in [0.2, 0.25) is 5.02 Å². The molecule has 4 nitrogen and oxygen atoms in total. The van der Waals surface area contributed by atoms with Crippen molar-refractivity contribution in [3.8, 4) is 5.75 Å². The summed E-state index contributed by atoms with van der Waals surface area (Å²) in [6.07, 6.45) is 1.41. The highest BCUT2D eigenvalue weighted by molar-refractivity contribution is 6.30. The summed E-state index contributed by atoms with van der Waals surface area (Å²) in [7, 11) is 0. The van der Waals surface area contributed by atoms with E-state index in [-0.39, 0.29) is 5.91 Å². The third-order valence-electron chi connectivity index (χ3n) is 3.18. The SMILES string of the molecule is C[C@H](O)c1cc(Cl)ccc1OC1CCCCNC1=O. The molecule has 1 aromatic carbocycles. The molecule has 1 aliphatic heterocycles. The summed E-state index contributed by atoms with van der Waals surface area (Å²) in [5, 5.41) is 13.1. The minimum atomic E-state index is -0.692. The summed E-state index contributed by atoms with van der Waals surface area (Å²) in [5.74, 6) is 0.422. The van der Waals surface area contributed by atoms with Gasteiger partial charge in [0.15, 0.2) is 6.10 Å². The van der Waals surface area contributed by atoms with Gasteiger partial charge in [0.25, 0.3) is 5.91 Å². The smallest absolute Gasteiger partial charge is 0.261 e. The summed E-state index contributed by atoms with van der Waals surface area (Å²) < 4.78 is 5.76. The van der Waals surface area contributed by atoms with Crippen molar-refractivity contribution in [2.45, 2.75) is 38.4 Å². The van der Waals surface area contributed by atoms with Crippen molar-refractivity contribution in [3.63, 3.8) is 0 Å². The lowest BCUT2D eigenvalue weighted by molar-refractivity contribution is -0.127. The molecule has 1 heterocycles. The van der Waals surface area contributed by atoms with E-state index in [9.17, 15) is 9.90 Å². The van der Waals surface area contributed by atoms with E-state index in [2.05, 4.69) is 5.32 Å². The number of hydrogen-bond acceptors (Lipinski definition) is 3. The maximum atomic E-state index is 11.8. The zero-order valence-corrected chi connectivity index (χ0v) is 11.6. The number of carbonyl (C=O) groups excluding carboxylic acids is 1. The van der Waals surface area contributed by atoms with Crippen LogP contribution < -0.4 is 10.1 Å². The molecule has 2 rings (SSSR count). The van der Waals surface area contributed by atoms with Gasteiger partial charge in [-0.15, -0.1) is 0 Å². The fourth-order valence-electron chi connectivity index (χ4n) is 2.13. The number of halogens is 1. The van der Waals surface area contributed by atoms with E-state index < -0.39 is 12.2 Å². The van der Waals surface area contributed by atoms with E-state index in [4.69, 9.17) is 16.3 Å². The van der Waals surface area contributed by atoms with Crippen molar-refractivity contribution in [1.82, 2.24) is 5.32 Å². The molecule has 0 radical (unpaired) electrons. The molecule has 0 spiro atoms. The summed E-state index contributed by atoms with van der Waals surface area (Å²) in [6, 6.07) is 5.05. The molecule has 1 saturated heterocycles. The molecule has 1 aromatic rings. The molecule has 0 bridgehead atoms. The van der Waals surface area contributed by atoms with Crippen molar-refractivity contribution in [1.29, 1.82) is 0 Å². The molecule has 1 aliphatic rings. The van der Waals surface area contributed by atoms with Gasteiger partial charge in [0.2, 0.25) is 0 Å². The lowest BCUT2D eigenvalue weighted by atomic mass is 10.1. The second kappa shape index (κ2) is 6.26. The van der Waals surface area contributed by atoms with Crippen molar-refractivity contribution < 1.29 is 14.6 Å². The van der Waals surface area contributed by atoms with Crippen LogP contribution in [0.3, 0.4) is 0 Å². The van der Waals surface area contributed by atoms with Gasteiger partial charge in [-0.1, -0.05) is 11.6 Å². The highest BCUT2D eigenvalue weighted by atomic mass is 35.5. The highest BCUT2D eigenvalue weighted by Gasteiger charge is 2.23. The van der Waals surface area contributed by atoms with E-state index >= 15 is 0 Å². The summed E-state index contributed by atoms with van der Waals surface area (Å²) in [4.78, 5) is 11.8. The van der Waals surface area contributed by atoms with Gasteiger partial charge < -0.3 is 15.2 Å². The topological polar surface area (TPSA) is 58.6 Å². The molecule has 1 fully saturated rings. The number of ether oxygens (including phenoxy) is 1.